The van der Waals surface area contributed by atoms with E-state index >= 15 is 0 Å². The molecule has 2 aromatic carbocycles. The van der Waals surface area contributed by atoms with Crippen LogP contribution in [0.3, 0.4) is 0 Å². The molecule has 5 heterocycles. The minimum Gasteiger partial charge on any atom is -0.489 e. The first-order valence-electron chi connectivity index (χ1n) is 19.9. The van der Waals surface area contributed by atoms with Crippen LogP contribution in [0.15, 0.2) is 54.7 Å². The Morgan fingerprint density at radius 2 is 1.59 bits per heavy atom. The summed E-state index contributed by atoms with van der Waals surface area (Å²) in [6, 6.07) is 15.5. The first-order valence-corrected chi connectivity index (χ1v) is 20.3. The van der Waals surface area contributed by atoms with Gasteiger partial charge in [-0.05, 0) is 61.7 Å². The summed E-state index contributed by atoms with van der Waals surface area (Å²) in [5.74, 6) is -0.766. The maximum atomic E-state index is 13.5. The van der Waals surface area contributed by atoms with Crippen LogP contribution in [-0.4, -0.2) is 108 Å². The lowest BCUT2D eigenvalue weighted by atomic mass is 9.49. The van der Waals surface area contributed by atoms with Crippen molar-refractivity contribution in [3.05, 3.63) is 82.0 Å². The number of hydrogen-bond donors (Lipinski definition) is 2. The molecule has 2 N–H and O–H groups in total. The highest BCUT2D eigenvalue weighted by molar-refractivity contribution is 6.31. The number of nitriles is 1. The van der Waals surface area contributed by atoms with Gasteiger partial charge in [-0.1, -0.05) is 39.3 Å². The predicted octanol–water partition coefficient (Wildman–Crippen LogP) is 4.41. The Morgan fingerprint density at radius 3 is 2.22 bits per heavy atom. The van der Waals surface area contributed by atoms with E-state index in [1.807, 2.05) is 18.2 Å². The van der Waals surface area contributed by atoms with Gasteiger partial charge in [0.25, 0.3) is 17.7 Å². The van der Waals surface area contributed by atoms with Gasteiger partial charge in [0.05, 0.1) is 27.3 Å². The van der Waals surface area contributed by atoms with E-state index in [0.29, 0.717) is 33.5 Å². The Bertz CT molecular complexity index is 2210. The number of imide groups is 2. The summed E-state index contributed by atoms with van der Waals surface area (Å²) >= 11 is 6.25. The van der Waals surface area contributed by atoms with Crippen molar-refractivity contribution in [1.82, 2.24) is 25.4 Å². The van der Waals surface area contributed by atoms with Crippen LogP contribution in [0.2, 0.25) is 5.02 Å². The summed E-state index contributed by atoms with van der Waals surface area (Å²) in [4.78, 5) is 76.8. The van der Waals surface area contributed by atoms with Crippen molar-refractivity contribution in [2.24, 2.45) is 10.8 Å². The zero-order valence-corrected chi connectivity index (χ0v) is 33.8. The number of anilines is 2. The summed E-state index contributed by atoms with van der Waals surface area (Å²) in [7, 11) is 0. The molecule has 58 heavy (non-hydrogen) atoms. The van der Waals surface area contributed by atoms with E-state index in [4.69, 9.17) is 21.3 Å². The second-order valence-corrected chi connectivity index (χ2v) is 17.5. The largest absolute Gasteiger partial charge is 0.489 e. The average molecular weight is 807 g/mol. The van der Waals surface area contributed by atoms with Crippen molar-refractivity contribution in [1.29, 1.82) is 5.26 Å². The van der Waals surface area contributed by atoms with E-state index in [0.717, 1.165) is 68.5 Å². The molecule has 3 aromatic rings. The molecule has 0 radical (unpaired) electrons. The molecule has 302 valence electrons. The fraction of sp³-hybridized carbons (Fsp3) is 0.465. The average Bonchev–Trinajstić information content (AvgIpc) is 3.46. The third-order valence-corrected chi connectivity index (χ3v) is 13.2. The Kier molecular flexibility index (Phi) is 10.2. The van der Waals surface area contributed by atoms with Crippen molar-refractivity contribution >= 4 is 52.6 Å². The van der Waals surface area contributed by atoms with Gasteiger partial charge in [-0.2, -0.15) is 5.26 Å². The number of carbonyl (C=O) groups is 5. The van der Waals surface area contributed by atoms with Crippen molar-refractivity contribution in [2.75, 3.05) is 49.1 Å². The van der Waals surface area contributed by atoms with Gasteiger partial charge in [0.2, 0.25) is 11.8 Å². The van der Waals surface area contributed by atoms with Gasteiger partial charge in [0.1, 0.15) is 29.8 Å². The Hall–Kier alpha value is -5.52. The Balaban J connectivity index is 0.811. The molecule has 3 saturated heterocycles. The topological polar surface area (TPSA) is 168 Å². The van der Waals surface area contributed by atoms with E-state index in [2.05, 4.69) is 59.1 Å². The van der Waals surface area contributed by atoms with E-state index < -0.39 is 29.7 Å². The van der Waals surface area contributed by atoms with Crippen LogP contribution >= 0.6 is 11.6 Å². The summed E-state index contributed by atoms with van der Waals surface area (Å²) in [6.07, 6.45) is 3.57. The molecule has 0 spiro atoms. The van der Waals surface area contributed by atoms with E-state index in [-0.39, 0.29) is 47.3 Å². The number of benzene rings is 2. The number of amides is 5. The smallest absolute Gasteiger partial charge is 0.262 e. The normalized spacial score (nSPS) is 24.5. The molecule has 4 fully saturated rings. The number of aromatic nitrogens is 1. The minimum atomic E-state index is -0.982. The molecule has 0 bridgehead atoms. The fourth-order valence-corrected chi connectivity index (χ4v) is 10.2. The Morgan fingerprint density at radius 1 is 0.879 bits per heavy atom. The molecule has 1 aromatic heterocycles. The fourth-order valence-electron chi connectivity index (χ4n) is 9.98. The van der Waals surface area contributed by atoms with Crippen LogP contribution in [0, 0.1) is 22.2 Å². The number of piperazine rings is 1. The van der Waals surface area contributed by atoms with Gasteiger partial charge in [-0.25, -0.2) is 4.98 Å². The summed E-state index contributed by atoms with van der Waals surface area (Å²) in [6.45, 7) is 13.3. The zero-order chi connectivity index (χ0) is 41.1. The van der Waals surface area contributed by atoms with Gasteiger partial charge in [-0.15, -0.1) is 0 Å². The van der Waals surface area contributed by atoms with Gasteiger partial charge >= 0.3 is 0 Å². The number of hydrogen-bond acceptors (Lipinski definition) is 11. The molecule has 1 saturated carbocycles. The molecular weight excluding hydrogens is 760 g/mol. The van der Waals surface area contributed by atoms with E-state index in [1.165, 1.54) is 0 Å². The lowest BCUT2D eigenvalue weighted by Crippen LogP contribution is -2.74. The van der Waals surface area contributed by atoms with Crippen molar-refractivity contribution < 1.29 is 28.7 Å². The first kappa shape index (κ1) is 39.3. The van der Waals surface area contributed by atoms with Gasteiger partial charge in [0, 0.05) is 86.6 Å². The van der Waals surface area contributed by atoms with Gasteiger partial charge < -0.3 is 19.9 Å². The lowest BCUT2D eigenvalue weighted by Gasteiger charge is -2.63. The van der Waals surface area contributed by atoms with Crippen LogP contribution in [0.4, 0.5) is 11.5 Å². The van der Waals surface area contributed by atoms with Crippen LogP contribution < -0.4 is 25.2 Å². The quantitative estimate of drug-likeness (QED) is 0.310. The Labute approximate surface area is 342 Å². The van der Waals surface area contributed by atoms with Crippen LogP contribution in [0.25, 0.3) is 0 Å². The summed E-state index contributed by atoms with van der Waals surface area (Å²) in [5.41, 5.74) is 1.59. The second-order valence-electron chi connectivity index (χ2n) is 17.1. The summed E-state index contributed by atoms with van der Waals surface area (Å²) < 4.78 is 6.37. The number of nitrogens with one attached hydrogen (secondary N) is 2. The number of piperidine rings is 2. The monoisotopic (exact) mass is 806 g/mol. The summed E-state index contributed by atoms with van der Waals surface area (Å²) in [5, 5.41) is 15.0. The highest BCUT2D eigenvalue weighted by Gasteiger charge is 2.64. The molecule has 5 amide bonds. The predicted molar refractivity (Wildman–Crippen MR) is 216 cm³/mol. The highest BCUT2D eigenvalue weighted by Crippen LogP contribution is 2.55. The first-order chi connectivity index (χ1) is 27.7. The van der Waals surface area contributed by atoms with Crippen molar-refractivity contribution in [2.45, 2.75) is 77.6 Å². The van der Waals surface area contributed by atoms with E-state index in [9.17, 15) is 29.2 Å². The number of fused-ring (bicyclic) bond motifs is 1. The number of ether oxygens (including phenoxy) is 1. The van der Waals surface area contributed by atoms with Gasteiger partial charge in [-0.3, -0.25) is 39.1 Å². The molecule has 5 aliphatic rings. The van der Waals surface area contributed by atoms with Crippen LogP contribution in [0.1, 0.15) is 90.0 Å². The van der Waals surface area contributed by atoms with E-state index in [1.54, 1.807) is 36.5 Å². The van der Waals surface area contributed by atoms with Crippen LogP contribution in [-0.2, 0) is 9.59 Å². The molecule has 1 atom stereocenters. The minimum absolute atomic E-state index is 0.0848. The molecule has 14 nitrogen and oxygen atoms in total. The molecular formula is C43H47ClN8O6. The number of nitrogens with zero attached hydrogens (tertiary/aromatic N) is 6. The molecule has 8 rings (SSSR count). The second kappa shape index (κ2) is 15.0. The SMILES string of the molecule is CC1(C)[C@H](NC(=O)c2ccc(N3CCN(C4CCN(c5ccc6c(c5)C(=O)N(C5CCC(=O)NC5=O)C6=O)CC4)CC3)nc2)C(C)(C)[C@H]1Oc1ccc(C#N)c(Cl)c1. The van der Waals surface area contributed by atoms with Crippen LogP contribution in [0.5, 0.6) is 5.75 Å². The highest BCUT2D eigenvalue weighted by atomic mass is 35.5. The number of carbonyl (C=O) groups excluding carboxylic acids is 5. The standard InChI is InChI=1S/C43H47ClN8O6/c1-42(2)40(43(3,4)41(42)58-29-8-5-25(23-45)32(44)22-29)48-36(54)26-6-11-34(46-24-26)51-19-17-50(18-20-51)27-13-15-49(16-14-27)28-7-9-30-31(21-28)39(57)52(38(30)56)33-10-12-35(53)47-37(33)55/h5-9,11,21-22,24,27,33,40-41H,10,12-20H2,1-4H3,(H,48,54)(H,47,53,55)/t33?,40-,41-. The van der Waals surface area contributed by atoms with Gasteiger partial charge in [0.15, 0.2) is 0 Å². The number of pyridine rings is 1. The molecule has 4 aliphatic heterocycles. The third-order valence-electron chi connectivity index (χ3n) is 12.8. The maximum absolute atomic E-state index is 13.5. The molecule has 1 unspecified atom stereocenters. The number of halogens is 1. The van der Waals surface area contributed by atoms with Crippen molar-refractivity contribution in [3.63, 3.8) is 0 Å². The zero-order valence-electron chi connectivity index (χ0n) is 33.1. The molecule has 15 heteroatoms. The molecule has 1 aliphatic carbocycles. The number of rotatable bonds is 8. The maximum Gasteiger partial charge on any atom is 0.262 e. The lowest BCUT2D eigenvalue weighted by molar-refractivity contribution is -0.164. The van der Waals surface area contributed by atoms with Crippen molar-refractivity contribution in [3.8, 4) is 11.8 Å². The third kappa shape index (κ3) is 6.94.